The van der Waals surface area contributed by atoms with Gasteiger partial charge in [0.05, 0.1) is 19.1 Å². The zero-order chi connectivity index (χ0) is 30.2. The van der Waals surface area contributed by atoms with Crippen molar-refractivity contribution in [3.05, 3.63) is 102 Å². The van der Waals surface area contributed by atoms with Gasteiger partial charge in [0, 0.05) is 24.6 Å². The Morgan fingerprint density at radius 3 is 2.20 bits per heavy atom. The summed E-state index contributed by atoms with van der Waals surface area (Å²) in [5.74, 6) is -2.67. The second-order valence-corrected chi connectivity index (χ2v) is 9.62. The molecule has 0 aliphatic carbocycles. The quantitative estimate of drug-likeness (QED) is 0.105. The third-order valence-corrected chi connectivity index (χ3v) is 6.84. The van der Waals surface area contributed by atoms with E-state index >= 15 is 0 Å². The molecule has 1 N–H and O–H groups in total. The van der Waals surface area contributed by atoms with Crippen molar-refractivity contribution in [2.45, 2.75) is 44.9 Å². The second kappa shape index (κ2) is 13.9. The van der Waals surface area contributed by atoms with Crippen LogP contribution in [0.2, 0.25) is 0 Å². The Bertz CT molecular complexity index is 1340. The van der Waals surface area contributed by atoms with Crippen molar-refractivity contribution < 1.29 is 41.7 Å². The van der Waals surface area contributed by atoms with Crippen molar-refractivity contribution >= 4 is 11.8 Å². The topological polar surface area (TPSA) is 85.7 Å². The highest BCUT2D eigenvalue weighted by Gasteiger charge is 2.31. The summed E-state index contributed by atoms with van der Waals surface area (Å²) in [6, 6.07) is 12.1. The van der Waals surface area contributed by atoms with E-state index < -0.39 is 41.2 Å². The number of methoxy groups -OCH3 is 1. The molecule has 0 saturated heterocycles. The molecule has 0 amide bonds. The number of ketones is 1. The number of halogens is 4. The molecule has 6 nitrogen and oxygen atoms in total. The molecule has 0 bridgehead atoms. The lowest BCUT2D eigenvalue weighted by Crippen LogP contribution is -2.32. The average molecular weight is 574 g/mol. The fourth-order valence-electron chi connectivity index (χ4n) is 4.56. The highest BCUT2D eigenvalue weighted by Crippen LogP contribution is 2.32. The van der Waals surface area contributed by atoms with Gasteiger partial charge >= 0.3 is 12.1 Å². The predicted octanol–water partition coefficient (Wildman–Crippen LogP) is 6.75. The van der Waals surface area contributed by atoms with Crippen LogP contribution in [-0.2, 0) is 28.5 Å². The first-order valence-corrected chi connectivity index (χ1v) is 12.9. The summed E-state index contributed by atoms with van der Waals surface area (Å²) in [5, 5.41) is 10.2. The molecule has 218 valence electrons. The van der Waals surface area contributed by atoms with Crippen LogP contribution in [0.4, 0.5) is 17.6 Å². The summed E-state index contributed by atoms with van der Waals surface area (Å²) in [5.41, 5.74) is 0.436. The summed E-state index contributed by atoms with van der Waals surface area (Å²) in [6.45, 7) is 5.59. The van der Waals surface area contributed by atoms with Crippen molar-refractivity contribution in [1.82, 2.24) is 4.98 Å². The number of carbonyl (C=O) groups excluding carboxylic acids is 2. The van der Waals surface area contributed by atoms with Crippen LogP contribution in [0.1, 0.15) is 46.9 Å². The first kappa shape index (κ1) is 31.3. The highest BCUT2D eigenvalue weighted by atomic mass is 19.4. The molecule has 1 heterocycles. The zero-order valence-corrected chi connectivity index (χ0v) is 22.7. The van der Waals surface area contributed by atoms with Gasteiger partial charge in [-0.25, -0.2) is 9.37 Å². The zero-order valence-electron chi connectivity index (χ0n) is 22.7. The fraction of sp³-hybridized carbons (Fsp3) is 0.323. The van der Waals surface area contributed by atoms with Crippen molar-refractivity contribution in [3.63, 3.8) is 0 Å². The number of alkyl halides is 3. The molecular formula is C31H31F4NO5. The lowest BCUT2D eigenvalue weighted by molar-refractivity contribution is -0.151. The molecule has 1 aromatic heterocycles. The Kier molecular flexibility index (Phi) is 10.6. The minimum Gasteiger partial charge on any atom is -0.503 e. The largest absolute Gasteiger partial charge is 0.503 e. The molecule has 0 unspecified atom stereocenters. The Hall–Kier alpha value is -4.21. The third kappa shape index (κ3) is 8.64. The predicted molar refractivity (Wildman–Crippen MR) is 144 cm³/mol. The molecule has 0 fully saturated rings. The number of Topliss-reactive ketones (excluding diaryl/α,β-unsaturated/α-hetero) is 1. The van der Waals surface area contributed by atoms with E-state index in [0.29, 0.717) is 18.4 Å². The Labute approximate surface area is 235 Å². The van der Waals surface area contributed by atoms with Gasteiger partial charge in [-0.05, 0) is 61.1 Å². The molecule has 41 heavy (non-hydrogen) atoms. The van der Waals surface area contributed by atoms with E-state index in [1.165, 1.54) is 43.6 Å². The number of ether oxygens (including phenoxy) is 2. The summed E-state index contributed by atoms with van der Waals surface area (Å²) < 4.78 is 63.2. The van der Waals surface area contributed by atoms with Gasteiger partial charge in [0.15, 0.2) is 23.0 Å². The summed E-state index contributed by atoms with van der Waals surface area (Å²) in [7, 11) is 1.33. The number of hydrogen-bond acceptors (Lipinski definition) is 6. The second-order valence-electron chi connectivity index (χ2n) is 9.62. The lowest BCUT2D eigenvalue weighted by atomic mass is 9.79. The molecule has 0 aliphatic heterocycles. The maximum atomic E-state index is 13.5. The molecule has 10 heteroatoms. The minimum absolute atomic E-state index is 0.0756. The first-order chi connectivity index (χ1) is 19.4. The molecule has 2 aromatic carbocycles. The van der Waals surface area contributed by atoms with E-state index in [0.717, 1.165) is 17.7 Å². The molecule has 0 aliphatic rings. The average Bonchev–Trinajstić information content (AvgIpc) is 2.94. The van der Waals surface area contributed by atoms with E-state index in [-0.39, 0.29) is 36.1 Å². The van der Waals surface area contributed by atoms with E-state index in [1.54, 1.807) is 25.1 Å². The monoisotopic (exact) mass is 573 g/mol. The number of benzene rings is 2. The van der Waals surface area contributed by atoms with Gasteiger partial charge in [0.25, 0.3) is 0 Å². The van der Waals surface area contributed by atoms with Gasteiger partial charge in [0.1, 0.15) is 11.9 Å². The van der Waals surface area contributed by atoms with E-state index in [4.69, 9.17) is 9.47 Å². The van der Waals surface area contributed by atoms with Crippen LogP contribution >= 0.6 is 0 Å². The van der Waals surface area contributed by atoms with Crippen LogP contribution in [0.3, 0.4) is 0 Å². The maximum Gasteiger partial charge on any atom is 0.416 e. The van der Waals surface area contributed by atoms with Crippen molar-refractivity contribution in [2.24, 2.45) is 11.8 Å². The van der Waals surface area contributed by atoms with Gasteiger partial charge in [0.2, 0.25) is 0 Å². The Morgan fingerprint density at radius 1 is 1.00 bits per heavy atom. The molecule has 0 spiro atoms. The molecule has 0 radical (unpaired) electrons. The summed E-state index contributed by atoms with van der Waals surface area (Å²) in [4.78, 5) is 29.2. The maximum absolute atomic E-state index is 13.5. The van der Waals surface area contributed by atoms with E-state index in [2.05, 4.69) is 11.6 Å². The number of rotatable bonds is 13. The van der Waals surface area contributed by atoms with Crippen LogP contribution < -0.4 is 4.74 Å². The number of nitrogens with zero attached hydrogens (tertiary/aromatic N) is 1. The molecule has 0 saturated carbocycles. The number of hydrogen-bond donors (Lipinski definition) is 1. The smallest absolute Gasteiger partial charge is 0.416 e. The molecular weight excluding hydrogens is 542 g/mol. The normalized spacial score (nSPS) is 13.6. The number of aromatic hydroxyl groups is 1. The van der Waals surface area contributed by atoms with Crippen molar-refractivity contribution in [3.8, 4) is 11.5 Å². The molecule has 3 rings (SSSR count). The summed E-state index contributed by atoms with van der Waals surface area (Å²) in [6.07, 6.45) is -2.02. The number of esters is 1. The highest BCUT2D eigenvalue weighted by molar-refractivity contribution is 5.98. The molecule has 3 aromatic rings. The third-order valence-electron chi connectivity index (χ3n) is 6.84. The SMILES string of the molecule is C=C[C@H](Cc1ccc(C(F)(F)F)cc1)[C@@H](Cc1ccc(F)cc1)[C@H](C)OC(=O)CCC(=O)c1nccc(OC)c1O. The Balaban J connectivity index is 1.73. The van der Waals surface area contributed by atoms with Crippen LogP contribution in [0.25, 0.3) is 0 Å². The number of pyridine rings is 1. The van der Waals surface area contributed by atoms with E-state index in [1.807, 2.05) is 0 Å². The lowest BCUT2D eigenvalue weighted by Gasteiger charge is -2.30. The molecule has 3 atom stereocenters. The minimum atomic E-state index is -4.45. The van der Waals surface area contributed by atoms with Crippen LogP contribution in [0.5, 0.6) is 11.5 Å². The van der Waals surface area contributed by atoms with Crippen molar-refractivity contribution in [1.29, 1.82) is 0 Å². The van der Waals surface area contributed by atoms with Gasteiger partial charge in [-0.2, -0.15) is 13.2 Å². The number of aromatic nitrogens is 1. The van der Waals surface area contributed by atoms with Gasteiger partial charge in [-0.1, -0.05) is 30.3 Å². The van der Waals surface area contributed by atoms with E-state index in [9.17, 15) is 32.3 Å². The van der Waals surface area contributed by atoms with Gasteiger partial charge in [-0.3, -0.25) is 9.59 Å². The standard InChI is InChI=1S/C31H31F4NO5/c1-4-22(17-20-5-9-23(10-6-20)31(33,34)35)25(18-21-7-11-24(32)12-8-21)19(2)41-28(38)14-13-26(37)29-30(39)27(40-3)15-16-36-29/h4-12,15-16,19,22,25,39H,1,13-14,17-18H2,2-3H3/t19-,22+,25-/m0/s1. The number of allylic oxidation sites excluding steroid dienone is 1. The Morgan fingerprint density at radius 2 is 1.61 bits per heavy atom. The van der Waals surface area contributed by atoms with Crippen LogP contribution in [0, 0.1) is 17.7 Å². The van der Waals surface area contributed by atoms with Crippen LogP contribution in [-0.4, -0.2) is 35.1 Å². The van der Waals surface area contributed by atoms with Gasteiger partial charge in [-0.15, -0.1) is 6.58 Å². The van der Waals surface area contributed by atoms with Crippen molar-refractivity contribution in [2.75, 3.05) is 7.11 Å². The summed E-state index contributed by atoms with van der Waals surface area (Å²) >= 11 is 0. The van der Waals surface area contributed by atoms with Crippen LogP contribution in [0.15, 0.2) is 73.4 Å². The fourth-order valence-corrected chi connectivity index (χ4v) is 4.56. The van der Waals surface area contributed by atoms with Gasteiger partial charge < -0.3 is 14.6 Å². The first-order valence-electron chi connectivity index (χ1n) is 12.9. The number of carbonyl (C=O) groups is 2.